The van der Waals surface area contributed by atoms with Gasteiger partial charge in [0.2, 0.25) is 0 Å². The lowest BCUT2D eigenvalue weighted by atomic mass is 9.99. The number of halogens is 2. The number of hydrogen-bond acceptors (Lipinski definition) is 1. The zero-order valence-corrected chi connectivity index (χ0v) is 13.7. The van der Waals surface area contributed by atoms with Crippen LogP contribution in [0.1, 0.15) is 34.0 Å². The van der Waals surface area contributed by atoms with E-state index in [1.165, 1.54) is 16.7 Å². The van der Waals surface area contributed by atoms with E-state index >= 15 is 0 Å². The fourth-order valence-corrected chi connectivity index (χ4v) is 3.48. The van der Waals surface area contributed by atoms with Crippen LogP contribution in [-0.2, 0) is 12.8 Å². The van der Waals surface area contributed by atoms with Gasteiger partial charge >= 0.3 is 0 Å². The highest BCUT2D eigenvalue weighted by Gasteiger charge is 2.22. The van der Waals surface area contributed by atoms with E-state index < -0.39 is 0 Å². The van der Waals surface area contributed by atoms with Gasteiger partial charge in [-0.25, -0.2) is 0 Å². The molecule has 0 saturated carbocycles. The Bertz CT molecular complexity index is 622. The smallest absolute Gasteiger partial charge is 0.127 e. The van der Waals surface area contributed by atoms with E-state index in [0.29, 0.717) is 0 Å². The molecule has 0 fully saturated rings. The first kappa shape index (κ1) is 14.0. The molecule has 1 aliphatic heterocycles. The molecule has 0 amide bonds. The summed E-state index contributed by atoms with van der Waals surface area (Å²) in [5.41, 5.74) is 4.90. The van der Waals surface area contributed by atoms with Crippen LogP contribution in [0.4, 0.5) is 0 Å². The molecule has 2 aromatic rings. The van der Waals surface area contributed by atoms with Gasteiger partial charge in [-0.15, -0.1) is 0 Å². The predicted molar refractivity (Wildman–Crippen MR) is 87.2 cm³/mol. The first-order valence-electron chi connectivity index (χ1n) is 6.87. The third-order valence-corrected chi connectivity index (χ3v) is 4.97. The summed E-state index contributed by atoms with van der Waals surface area (Å²) < 4.78 is 5.78. The van der Waals surface area contributed by atoms with Crippen LogP contribution in [0.25, 0.3) is 0 Å². The maximum atomic E-state index is 6.23. The molecule has 0 N–H and O–H groups in total. The first-order valence-corrected chi connectivity index (χ1v) is 8.16. The number of ether oxygens (including phenoxy) is 1. The van der Waals surface area contributed by atoms with Gasteiger partial charge in [-0.3, -0.25) is 0 Å². The van der Waals surface area contributed by atoms with E-state index in [2.05, 4.69) is 47.1 Å². The van der Waals surface area contributed by atoms with Crippen molar-refractivity contribution >= 4 is 27.5 Å². The van der Waals surface area contributed by atoms with E-state index in [0.717, 1.165) is 35.8 Å². The van der Waals surface area contributed by atoms with Crippen molar-refractivity contribution in [1.29, 1.82) is 0 Å². The van der Waals surface area contributed by atoms with Crippen LogP contribution in [0.2, 0.25) is 5.02 Å². The zero-order valence-electron chi connectivity index (χ0n) is 11.3. The molecular formula is C17H16BrClO. The Morgan fingerprint density at radius 1 is 1.25 bits per heavy atom. The van der Waals surface area contributed by atoms with Crippen LogP contribution < -0.4 is 4.74 Å². The minimum atomic E-state index is 0.110. The third kappa shape index (κ3) is 2.59. The largest absolute Gasteiger partial charge is 0.493 e. The summed E-state index contributed by atoms with van der Waals surface area (Å²) in [7, 11) is 0. The number of rotatable bonds is 3. The van der Waals surface area contributed by atoms with E-state index in [-0.39, 0.29) is 4.83 Å². The van der Waals surface area contributed by atoms with Crippen molar-refractivity contribution in [2.45, 2.75) is 24.6 Å². The monoisotopic (exact) mass is 350 g/mol. The van der Waals surface area contributed by atoms with Crippen LogP contribution in [0.5, 0.6) is 5.75 Å². The predicted octanol–water partition coefficient (Wildman–Crippen LogP) is 5.32. The van der Waals surface area contributed by atoms with Crippen molar-refractivity contribution in [2.24, 2.45) is 0 Å². The summed E-state index contributed by atoms with van der Waals surface area (Å²) in [5.74, 6) is 0.996. The fraction of sp³-hybridized carbons (Fsp3) is 0.294. The third-order valence-electron chi connectivity index (χ3n) is 3.73. The molecule has 0 aromatic heterocycles. The number of benzene rings is 2. The van der Waals surface area contributed by atoms with Gasteiger partial charge in [0.05, 0.1) is 11.4 Å². The molecule has 1 nitrogen and oxygen atoms in total. The molecule has 1 unspecified atom stereocenters. The summed E-state index contributed by atoms with van der Waals surface area (Å²) in [5, 5.41) is 0.777. The molecule has 2 aromatic carbocycles. The second-order valence-corrected chi connectivity index (χ2v) is 6.39. The van der Waals surface area contributed by atoms with Crippen molar-refractivity contribution in [3.05, 3.63) is 63.7 Å². The lowest BCUT2D eigenvalue weighted by molar-refractivity contribution is 0.354. The Morgan fingerprint density at radius 3 is 2.70 bits per heavy atom. The summed E-state index contributed by atoms with van der Waals surface area (Å²) in [4.78, 5) is 0.110. The minimum Gasteiger partial charge on any atom is -0.493 e. The summed E-state index contributed by atoms with van der Waals surface area (Å²) in [6.07, 6.45) is 2.00. The second-order valence-electron chi connectivity index (χ2n) is 5.04. The Balaban J connectivity index is 1.99. The van der Waals surface area contributed by atoms with Crippen LogP contribution in [0, 0.1) is 0 Å². The average Bonchev–Trinajstić information content (AvgIpc) is 2.94. The van der Waals surface area contributed by atoms with E-state index in [1.807, 2.05) is 12.1 Å². The summed E-state index contributed by atoms with van der Waals surface area (Å²) in [6, 6.07) is 12.7. The summed E-state index contributed by atoms with van der Waals surface area (Å²) >= 11 is 10.0. The zero-order chi connectivity index (χ0) is 14.1. The van der Waals surface area contributed by atoms with Gasteiger partial charge in [0.15, 0.2) is 0 Å². The Labute approximate surface area is 133 Å². The van der Waals surface area contributed by atoms with Crippen molar-refractivity contribution in [1.82, 2.24) is 0 Å². The molecule has 0 radical (unpaired) electrons. The van der Waals surface area contributed by atoms with Gasteiger partial charge in [0.1, 0.15) is 5.75 Å². The molecule has 104 valence electrons. The summed E-state index contributed by atoms with van der Waals surface area (Å²) in [6.45, 7) is 2.91. The topological polar surface area (TPSA) is 9.23 Å². The molecule has 0 saturated heterocycles. The van der Waals surface area contributed by atoms with Gasteiger partial charge in [-0.1, -0.05) is 58.7 Å². The van der Waals surface area contributed by atoms with Crippen molar-refractivity contribution in [3.63, 3.8) is 0 Å². The standard InChI is InChI=1S/C17H16BrClO/c1-2-11-3-5-12(6-4-11)16(18)15-10-14(19)9-13-7-8-20-17(13)15/h3-6,9-10,16H,2,7-8H2,1H3. The number of alkyl halides is 1. The SMILES string of the molecule is CCc1ccc(C(Br)c2cc(Cl)cc3c2OCC3)cc1. The van der Waals surface area contributed by atoms with Crippen molar-refractivity contribution < 1.29 is 4.74 Å². The minimum absolute atomic E-state index is 0.110. The van der Waals surface area contributed by atoms with Gasteiger partial charge in [0.25, 0.3) is 0 Å². The molecule has 0 bridgehead atoms. The van der Waals surface area contributed by atoms with Gasteiger partial charge in [0, 0.05) is 17.0 Å². The van der Waals surface area contributed by atoms with Crippen LogP contribution >= 0.6 is 27.5 Å². The Hall–Kier alpha value is -0.990. The molecule has 0 aliphatic carbocycles. The van der Waals surface area contributed by atoms with Crippen LogP contribution in [0.15, 0.2) is 36.4 Å². The normalized spacial score (nSPS) is 14.8. The molecule has 1 atom stereocenters. The maximum absolute atomic E-state index is 6.23. The first-order chi connectivity index (χ1) is 9.69. The lowest BCUT2D eigenvalue weighted by Gasteiger charge is -2.15. The van der Waals surface area contributed by atoms with Gasteiger partial charge < -0.3 is 4.74 Å². The fourth-order valence-electron chi connectivity index (χ4n) is 2.59. The van der Waals surface area contributed by atoms with Crippen molar-refractivity contribution in [2.75, 3.05) is 6.61 Å². The molecule has 1 aliphatic rings. The molecule has 20 heavy (non-hydrogen) atoms. The average molecular weight is 352 g/mol. The maximum Gasteiger partial charge on any atom is 0.127 e. The number of hydrogen-bond donors (Lipinski definition) is 0. The molecule has 1 heterocycles. The molecule has 3 rings (SSSR count). The highest BCUT2D eigenvalue weighted by Crippen LogP contribution is 2.42. The van der Waals surface area contributed by atoms with Crippen LogP contribution in [0.3, 0.4) is 0 Å². The van der Waals surface area contributed by atoms with Gasteiger partial charge in [-0.2, -0.15) is 0 Å². The van der Waals surface area contributed by atoms with E-state index in [1.54, 1.807) is 0 Å². The molecular weight excluding hydrogens is 336 g/mol. The second kappa shape index (κ2) is 5.79. The Morgan fingerprint density at radius 2 is 2.00 bits per heavy atom. The van der Waals surface area contributed by atoms with Gasteiger partial charge in [-0.05, 0) is 35.2 Å². The lowest BCUT2D eigenvalue weighted by Crippen LogP contribution is -1.97. The molecule has 3 heteroatoms. The highest BCUT2D eigenvalue weighted by molar-refractivity contribution is 9.09. The Kier molecular flexibility index (Phi) is 4.04. The van der Waals surface area contributed by atoms with Crippen molar-refractivity contribution in [3.8, 4) is 5.75 Å². The quantitative estimate of drug-likeness (QED) is 0.680. The number of aryl methyl sites for hydroxylation is 1. The van der Waals surface area contributed by atoms with E-state index in [9.17, 15) is 0 Å². The van der Waals surface area contributed by atoms with Crippen LogP contribution in [-0.4, -0.2) is 6.61 Å². The highest BCUT2D eigenvalue weighted by atomic mass is 79.9. The van der Waals surface area contributed by atoms with E-state index in [4.69, 9.17) is 16.3 Å². The number of fused-ring (bicyclic) bond motifs is 1. The molecule has 0 spiro atoms.